The first-order chi connectivity index (χ1) is 6.69. The third-order valence-electron chi connectivity index (χ3n) is 1.94. The van der Waals surface area contributed by atoms with Crippen molar-refractivity contribution in [2.45, 2.75) is 12.8 Å². The predicted octanol–water partition coefficient (Wildman–Crippen LogP) is -0.684. The largest absolute Gasteiger partial charge is 0.397 e. The van der Waals surface area contributed by atoms with Crippen molar-refractivity contribution < 1.29 is 10.2 Å². The molecule has 78 valence electrons. The first-order valence-electron chi connectivity index (χ1n) is 4.44. The van der Waals surface area contributed by atoms with E-state index in [1.165, 1.54) is 0 Å². The Hall–Kier alpha value is -1.33. The summed E-state index contributed by atoms with van der Waals surface area (Å²) in [5.74, 6) is 0. The average molecular weight is 197 g/mol. The summed E-state index contributed by atoms with van der Waals surface area (Å²) in [5.41, 5.74) is 13.5. The monoisotopic (exact) mass is 197 g/mol. The summed E-state index contributed by atoms with van der Waals surface area (Å²) in [6.07, 6.45) is 0.815. The van der Waals surface area contributed by atoms with E-state index in [2.05, 4.69) is 4.98 Å². The second-order valence-electron chi connectivity index (χ2n) is 3.01. The van der Waals surface area contributed by atoms with Gasteiger partial charge in [0.1, 0.15) is 0 Å². The van der Waals surface area contributed by atoms with E-state index in [4.69, 9.17) is 21.7 Å². The smallest absolute Gasteiger partial charge is 0.0660 e. The van der Waals surface area contributed by atoms with Crippen LogP contribution in [0.5, 0.6) is 0 Å². The lowest BCUT2D eigenvalue weighted by Gasteiger charge is -2.08. The van der Waals surface area contributed by atoms with E-state index in [1.54, 1.807) is 6.07 Å². The standard InChI is InChI=1S/C9H15N3O2/c10-6-5-7(11)9(2-4-14)12-8(6)1-3-13/h5,13-14H,1-4,10-11H2. The number of aliphatic hydroxyl groups is 2. The lowest BCUT2D eigenvalue weighted by molar-refractivity contribution is 0.295. The van der Waals surface area contributed by atoms with E-state index in [-0.39, 0.29) is 13.2 Å². The third-order valence-corrected chi connectivity index (χ3v) is 1.94. The van der Waals surface area contributed by atoms with Gasteiger partial charge in [0.05, 0.1) is 22.8 Å². The molecule has 0 aromatic carbocycles. The maximum atomic E-state index is 8.76. The summed E-state index contributed by atoms with van der Waals surface area (Å²) < 4.78 is 0. The number of aromatic nitrogens is 1. The zero-order valence-electron chi connectivity index (χ0n) is 7.90. The molecule has 0 fully saturated rings. The summed E-state index contributed by atoms with van der Waals surface area (Å²) in [6.45, 7) is -0.000629. The van der Waals surface area contributed by atoms with Gasteiger partial charge in [-0.25, -0.2) is 0 Å². The maximum absolute atomic E-state index is 8.76. The average Bonchev–Trinajstić information content (AvgIpc) is 2.14. The number of anilines is 2. The van der Waals surface area contributed by atoms with Gasteiger partial charge in [0.15, 0.2) is 0 Å². The molecule has 1 aromatic rings. The van der Waals surface area contributed by atoms with Gasteiger partial charge in [0, 0.05) is 26.1 Å². The fraction of sp³-hybridized carbons (Fsp3) is 0.444. The summed E-state index contributed by atoms with van der Waals surface area (Å²) in [6, 6.07) is 1.61. The van der Waals surface area contributed by atoms with E-state index in [9.17, 15) is 0 Å². The Bertz CT molecular complexity index is 288. The van der Waals surface area contributed by atoms with Gasteiger partial charge in [-0.05, 0) is 6.07 Å². The Morgan fingerprint density at radius 3 is 1.79 bits per heavy atom. The van der Waals surface area contributed by atoms with Crippen LogP contribution in [-0.4, -0.2) is 28.4 Å². The van der Waals surface area contributed by atoms with Gasteiger partial charge in [0.25, 0.3) is 0 Å². The number of nitrogens with two attached hydrogens (primary N) is 2. The van der Waals surface area contributed by atoms with E-state index >= 15 is 0 Å². The molecule has 5 heteroatoms. The molecular formula is C9H15N3O2. The Morgan fingerprint density at radius 2 is 1.43 bits per heavy atom. The maximum Gasteiger partial charge on any atom is 0.0660 e. The minimum absolute atomic E-state index is 0.000314. The van der Waals surface area contributed by atoms with E-state index < -0.39 is 0 Å². The van der Waals surface area contributed by atoms with Crippen molar-refractivity contribution in [3.05, 3.63) is 17.5 Å². The first-order valence-corrected chi connectivity index (χ1v) is 4.44. The van der Waals surface area contributed by atoms with Crippen LogP contribution in [0, 0.1) is 0 Å². The SMILES string of the molecule is Nc1cc(N)c(CCO)nc1CCO. The van der Waals surface area contributed by atoms with Crippen LogP contribution >= 0.6 is 0 Å². The van der Waals surface area contributed by atoms with Crippen molar-refractivity contribution in [1.82, 2.24) is 4.98 Å². The molecule has 0 aliphatic heterocycles. The summed E-state index contributed by atoms with van der Waals surface area (Å²) in [7, 11) is 0. The second-order valence-corrected chi connectivity index (χ2v) is 3.01. The number of nitrogen functional groups attached to an aromatic ring is 2. The first kappa shape index (κ1) is 10.7. The molecular weight excluding hydrogens is 182 g/mol. The molecule has 0 aliphatic carbocycles. The minimum atomic E-state index is -0.000314. The molecule has 0 atom stereocenters. The molecule has 0 saturated heterocycles. The highest BCUT2D eigenvalue weighted by atomic mass is 16.3. The van der Waals surface area contributed by atoms with Crippen molar-refractivity contribution in [2.24, 2.45) is 0 Å². The van der Waals surface area contributed by atoms with Crippen LogP contribution in [0.3, 0.4) is 0 Å². The molecule has 0 saturated carbocycles. The Labute approximate surface area is 82.4 Å². The number of hydrogen-bond acceptors (Lipinski definition) is 5. The van der Waals surface area contributed by atoms with Gasteiger partial charge in [0.2, 0.25) is 0 Å². The molecule has 1 heterocycles. The minimum Gasteiger partial charge on any atom is -0.397 e. The van der Waals surface area contributed by atoms with Gasteiger partial charge < -0.3 is 21.7 Å². The molecule has 14 heavy (non-hydrogen) atoms. The van der Waals surface area contributed by atoms with Crippen molar-refractivity contribution in [2.75, 3.05) is 24.7 Å². The molecule has 0 bridgehead atoms. The van der Waals surface area contributed by atoms with E-state index in [0.717, 1.165) is 0 Å². The lowest BCUT2D eigenvalue weighted by Crippen LogP contribution is -2.08. The molecule has 6 N–H and O–H groups in total. The Morgan fingerprint density at radius 1 is 1.00 bits per heavy atom. The number of hydrogen-bond donors (Lipinski definition) is 4. The van der Waals surface area contributed by atoms with Crippen molar-refractivity contribution in [3.8, 4) is 0 Å². The van der Waals surface area contributed by atoms with Gasteiger partial charge >= 0.3 is 0 Å². The highest BCUT2D eigenvalue weighted by Crippen LogP contribution is 2.18. The van der Waals surface area contributed by atoms with E-state index in [1.807, 2.05) is 0 Å². The zero-order chi connectivity index (χ0) is 10.6. The van der Waals surface area contributed by atoms with Gasteiger partial charge in [-0.2, -0.15) is 0 Å². The normalized spacial score (nSPS) is 10.4. The topological polar surface area (TPSA) is 105 Å². The molecule has 0 radical (unpaired) electrons. The molecule has 1 aromatic heterocycles. The van der Waals surface area contributed by atoms with Gasteiger partial charge in [-0.3, -0.25) is 4.98 Å². The second kappa shape index (κ2) is 4.78. The van der Waals surface area contributed by atoms with Crippen LogP contribution in [0.15, 0.2) is 6.07 Å². The van der Waals surface area contributed by atoms with E-state index in [0.29, 0.717) is 35.6 Å². The van der Waals surface area contributed by atoms with Crippen LogP contribution in [0.25, 0.3) is 0 Å². The highest BCUT2D eigenvalue weighted by Gasteiger charge is 2.06. The number of aliphatic hydroxyl groups excluding tert-OH is 2. The molecule has 5 nitrogen and oxygen atoms in total. The summed E-state index contributed by atoms with van der Waals surface area (Å²) >= 11 is 0. The van der Waals surface area contributed by atoms with Crippen molar-refractivity contribution >= 4 is 11.4 Å². The third kappa shape index (κ3) is 2.34. The molecule has 0 aliphatic rings. The quantitative estimate of drug-likeness (QED) is 0.511. The summed E-state index contributed by atoms with van der Waals surface area (Å²) in [4.78, 5) is 4.18. The lowest BCUT2D eigenvalue weighted by atomic mass is 10.1. The molecule has 1 rings (SSSR count). The summed E-state index contributed by atoms with van der Waals surface area (Å²) in [5, 5.41) is 17.5. The highest BCUT2D eigenvalue weighted by molar-refractivity contribution is 5.56. The molecule has 0 unspecified atom stereocenters. The van der Waals surface area contributed by atoms with Crippen LogP contribution in [0.1, 0.15) is 11.4 Å². The van der Waals surface area contributed by atoms with Gasteiger partial charge in [-0.1, -0.05) is 0 Å². The molecule has 0 spiro atoms. The van der Waals surface area contributed by atoms with Crippen LogP contribution in [-0.2, 0) is 12.8 Å². The fourth-order valence-corrected chi connectivity index (χ4v) is 1.24. The predicted molar refractivity (Wildman–Crippen MR) is 54.6 cm³/mol. The van der Waals surface area contributed by atoms with Crippen LogP contribution < -0.4 is 11.5 Å². The number of nitrogens with zero attached hydrogens (tertiary/aromatic N) is 1. The fourth-order valence-electron chi connectivity index (χ4n) is 1.24. The van der Waals surface area contributed by atoms with Gasteiger partial charge in [-0.15, -0.1) is 0 Å². The Balaban J connectivity index is 3.00. The Kier molecular flexibility index (Phi) is 3.67. The van der Waals surface area contributed by atoms with Crippen molar-refractivity contribution in [3.63, 3.8) is 0 Å². The number of rotatable bonds is 4. The van der Waals surface area contributed by atoms with Crippen molar-refractivity contribution in [1.29, 1.82) is 0 Å². The zero-order valence-corrected chi connectivity index (χ0v) is 7.90. The number of pyridine rings is 1. The van der Waals surface area contributed by atoms with Crippen LogP contribution in [0.4, 0.5) is 11.4 Å². The van der Waals surface area contributed by atoms with Crippen LogP contribution in [0.2, 0.25) is 0 Å². The molecule has 0 amide bonds.